The van der Waals surface area contributed by atoms with E-state index in [1.165, 1.54) is 12.1 Å². The molecule has 3 aromatic rings. The molecule has 0 saturated heterocycles. The van der Waals surface area contributed by atoms with Crippen molar-refractivity contribution in [1.82, 2.24) is 14.3 Å². The third-order valence-electron chi connectivity index (χ3n) is 4.54. The van der Waals surface area contributed by atoms with Crippen LogP contribution in [0.15, 0.2) is 59.6 Å². The fraction of sp³-hybridized carbons (Fsp3) is 0.211. The normalized spacial score (nSPS) is 16.7. The summed E-state index contributed by atoms with van der Waals surface area (Å²) >= 11 is 5.95. The summed E-state index contributed by atoms with van der Waals surface area (Å²) in [4.78, 5) is 4.39. The van der Waals surface area contributed by atoms with Crippen LogP contribution < -0.4 is 4.72 Å². The molecule has 0 radical (unpaired) electrons. The van der Waals surface area contributed by atoms with E-state index in [0.29, 0.717) is 11.6 Å². The summed E-state index contributed by atoms with van der Waals surface area (Å²) in [5, 5.41) is 0.651. The number of sulfonamides is 1. The SMILES string of the molecule is O=S(=O)(NC[C@H]1Cn2c(-c3ccc(Cl)cc3)cnc2CO1)c1ccc(F)cc1. The zero-order valence-corrected chi connectivity index (χ0v) is 16.3. The van der Waals surface area contributed by atoms with Crippen LogP contribution in [-0.4, -0.2) is 30.6 Å². The maximum Gasteiger partial charge on any atom is 0.240 e. The Bertz CT molecular complexity index is 1080. The molecule has 1 aliphatic rings. The minimum atomic E-state index is -3.74. The molecular formula is C19H17ClFN3O3S. The third-order valence-corrected chi connectivity index (χ3v) is 6.23. The minimum Gasteiger partial charge on any atom is -0.367 e. The van der Waals surface area contributed by atoms with E-state index in [9.17, 15) is 12.8 Å². The molecule has 0 spiro atoms. The highest BCUT2D eigenvalue weighted by Gasteiger charge is 2.25. The predicted octanol–water partition coefficient (Wildman–Crippen LogP) is 3.22. The molecule has 0 amide bonds. The summed E-state index contributed by atoms with van der Waals surface area (Å²) < 4.78 is 48.0. The van der Waals surface area contributed by atoms with Gasteiger partial charge in [0.05, 0.1) is 29.4 Å². The highest BCUT2D eigenvalue weighted by atomic mass is 35.5. The van der Waals surface area contributed by atoms with Gasteiger partial charge in [0.15, 0.2) is 0 Å². The van der Waals surface area contributed by atoms with Crippen molar-refractivity contribution in [2.45, 2.75) is 24.2 Å². The number of ether oxygens (including phenoxy) is 1. The lowest BCUT2D eigenvalue weighted by atomic mass is 10.1. The number of rotatable bonds is 5. The molecule has 4 rings (SSSR count). The fourth-order valence-electron chi connectivity index (χ4n) is 3.06. The van der Waals surface area contributed by atoms with E-state index >= 15 is 0 Å². The zero-order chi connectivity index (χ0) is 19.7. The number of hydrogen-bond donors (Lipinski definition) is 1. The Morgan fingerprint density at radius 3 is 2.61 bits per heavy atom. The lowest BCUT2D eigenvalue weighted by Gasteiger charge is -2.26. The topological polar surface area (TPSA) is 73.2 Å². The fourth-order valence-corrected chi connectivity index (χ4v) is 4.25. The maximum atomic E-state index is 13.0. The van der Waals surface area contributed by atoms with Crippen molar-refractivity contribution in [3.8, 4) is 11.3 Å². The summed E-state index contributed by atoms with van der Waals surface area (Å²) in [6, 6.07) is 12.1. The zero-order valence-electron chi connectivity index (χ0n) is 14.7. The molecule has 2 heterocycles. The first-order chi connectivity index (χ1) is 13.4. The molecule has 1 N–H and O–H groups in total. The van der Waals surface area contributed by atoms with Crippen LogP contribution in [0.5, 0.6) is 0 Å². The highest BCUT2D eigenvalue weighted by Crippen LogP contribution is 2.26. The van der Waals surface area contributed by atoms with Crippen molar-refractivity contribution in [3.63, 3.8) is 0 Å². The van der Waals surface area contributed by atoms with E-state index in [-0.39, 0.29) is 24.2 Å². The molecule has 0 aliphatic carbocycles. The van der Waals surface area contributed by atoms with Crippen molar-refractivity contribution in [1.29, 1.82) is 0 Å². The molecule has 0 saturated carbocycles. The second-order valence-electron chi connectivity index (χ2n) is 6.42. The van der Waals surface area contributed by atoms with Gasteiger partial charge in [-0.15, -0.1) is 0 Å². The Balaban J connectivity index is 1.47. The lowest BCUT2D eigenvalue weighted by Crippen LogP contribution is -2.39. The van der Waals surface area contributed by atoms with E-state index in [1.807, 2.05) is 28.8 Å². The Labute approximate surface area is 167 Å². The Hall–Kier alpha value is -2.26. The molecule has 9 heteroatoms. The first-order valence-corrected chi connectivity index (χ1v) is 10.5. The van der Waals surface area contributed by atoms with Gasteiger partial charge in [0, 0.05) is 11.6 Å². The maximum absolute atomic E-state index is 13.0. The van der Waals surface area contributed by atoms with Crippen molar-refractivity contribution >= 4 is 21.6 Å². The average molecular weight is 422 g/mol. The van der Waals surface area contributed by atoms with Gasteiger partial charge in [-0.1, -0.05) is 23.7 Å². The van der Waals surface area contributed by atoms with Crippen LogP contribution in [0.25, 0.3) is 11.3 Å². The van der Waals surface area contributed by atoms with E-state index in [2.05, 4.69) is 9.71 Å². The largest absolute Gasteiger partial charge is 0.367 e. The molecule has 6 nitrogen and oxygen atoms in total. The molecule has 146 valence electrons. The second kappa shape index (κ2) is 7.63. The monoisotopic (exact) mass is 421 g/mol. The van der Waals surface area contributed by atoms with Crippen LogP contribution in [0.3, 0.4) is 0 Å². The van der Waals surface area contributed by atoms with Gasteiger partial charge in [0.25, 0.3) is 0 Å². The summed E-state index contributed by atoms with van der Waals surface area (Å²) in [7, 11) is -3.74. The summed E-state index contributed by atoms with van der Waals surface area (Å²) in [6.07, 6.45) is 1.41. The number of nitrogens with one attached hydrogen (secondary N) is 1. The van der Waals surface area contributed by atoms with E-state index in [0.717, 1.165) is 29.2 Å². The average Bonchev–Trinajstić information content (AvgIpc) is 3.11. The van der Waals surface area contributed by atoms with Crippen LogP contribution in [0.1, 0.15) is 5.82 Å². The number of halogens is 2. The first kappa shape index (κ1) is 19.1. The van der Waals surface area contributed by atoms with Gasteiger partial charge >= 0.3 is 0 Å². The Morgan fingerprint density at radius 2 is 1.89 bits per heavy atom. The quantitative estimate of drug-likeness (QED) is 0.686. The van der Waals surface area contributed by atoms with Gasteiger partial charge in [-0.3, -0.25) is 0 Å². The number of aromatic nitrogens is 2. The smallest absolute Gasteiger partial charge is 0.240 e. The second-order valence-corrected chi connectivity index (χ2v) is 8.62. The number of fused-ring (bicyclic) bond motifs is 1. The van der Waals surface area contributed by atoms with Crippen molar-refractivity contribution in [2.75, 3.05) is 6.54 Å². The Morgan fingerprint density at radius 1 is 1.18 bits per heavy atom. The van der Waals surface area contributed by atoms with Crippen LogP contribution in [-0.2, 0) is 27.9 Å². The number of benzene rings is 2. The van der Waals surface area contributed by atoms with Crippen molar-refractivity contribution in [3.05, 3.63) is 71.4 Å². The molecule has 1 aliphatic heterocycles. The minimum absolute atomic E-state index is 0.00915. The molecule has 0 unspecified atom stereocenters. The van der Waals surface area contributed by atoms with Gasteiger partial charge < -0.3 is 9.30 Å². The molecule has 2 aromatic carbocycles. The van der Waals surface area contributed by atoms with E-state index < -0.39 is 15.8 Å². The molecule has 28 heavy (non-hydrogen) atoms. The number of nitrogens with zero attached hydrogens (tertiary/aromatic N) is 2. The summed E-state index contributed by atoms with van der Waals surface area (Å²) in [5.74, 6) is 0.291. The van der Waals surface area contributed by atoms with Gasteiger partial charge in [-0.25, -0.2) is 22.5 Å². The van der Waals surface area contributed by atoms with Gasteiger partial charge in [-0.2, -0.15) is 0 Å². The standard InChI is InChI=1S/C19H17ClFN3O3S/c20-14-3-1-13(2-4-14)18-10-22-19-12-27-16(11-24(18)19)9-23-28(25,26)17-7-5-15(21)6-8-17/h1-8,10,16,23H,9,11-12H2/t16-/m0/s1. The van der Waals surface area contributed by atoms with Crippen LogP contribution in [0.2, 0.25) is 5.02 Å². The van der Waals surface area contributed by atoms with Crippen LogP contribution in [0.4, 0.5) is 4.39 Å². The highest BCUT2D eigenvalue weighted by molar-refractivity contribution is 7.89. The van der Waals surface area contributed by atoms with Crippen LogP contribution >= 0.6 is 11.6 Å². The lowest BCUT2D eigenvalue weighted by molar-refractivity contribution is 0.00634. The number of hydrogen-bond acceptors (Lipinski definition) is 4. The van der Waals surface area contributed by atoms with E-state index in [1.54, 1.807) is 6.20 Å². The van der Waals surface area contributed by atoms with E-state index in [4.69, 9.17) is 16.3 Å². The molecule has 1 atom stereocenters. The van der Waals surface area contributed by atoms with Crippen molar-refractivity contribution < 1.29 is 17.5 Å². The van der Waals surface area contributed by atoms with Crippen LogP contribution in [0, 0.1) is 5.82 Å². The molecule has 1 aromatic heterocycles. The molecular weight excluding hydrogens is 405 g/mol. The van der Waals surface area contributed by atoms with Crippen molar-refractivity contribution in [2.24, 2.45) is 0 Å². The van der Waals surface area contributed by atoms with Gasteiger partial charge in [0.2, 0.25) is 10.0 Å². The number of imidazole rings is 1. The van der Waals surface area contributed by atoms with Gasteiger partial charge in [0.1, 0.15) is 18.2 Å². The summed E-state index contributed by atoms with van der Waals surface area (Å²) in [6.45, 7) is 0.840. The van der Waals surface area contributed by atoms with Gasteiger partial charge in [-0.05, 0) is 42.0 Å². The predicted molar refractivity (Wildman–Crippen MR) is 103 cm³/mol. The molecule has 0 bridgehead atoms. The third kappa shape index (κ3) is 3.95. The molecule has 0 fully saturated rings. The summed E-state index contributed by atoms with van der Waals surface area (Å²) in [5.41, 5.74) is 1.89. The Kier molecular flexibility index (Phi) is 5.20. The first-order valence-electron chi connectivity index (χ1n) is 8.59.